The summed E-state index contributed by atoms with van der Waals surface area (Å²) >= 11 is 0. The third-order valence-corrected chi connectivity index (χ3v) is 3.70. The lowest BCUT2D eigenvalue weighted by Crippen LogP contribution is -2.20. The van der Waals surface area contributed by atoms with Crippen molar-refractivity contribution in [3.05, 3.63) is 74.9 Å². The number of aromatic amines is 3. The minimum Gasteiger partial charge on any atom is -0.339 e. The topological polar surface area (TPSA) is 128 Å². The van der Waals surface area contributed by atoms with Gasteiger partial charge in [-0.2, -0.15) is 9.61 Å². The zero-order valence-corrected chi connectivity index (χ0v) is 12.7. The zero-order valence-electron chi connectivity index (χ0n) is 12.7. The maximum absolute atomic E-state index is 12.5. The highest BCUT2D eigenvalue weighted by Gasteiger charge is 2.20. The Bertz CT molecular complexity index is 1170. The molecule has 0 radical (unpaired) electrons. The molecule has 4 rings (SSSR count). The van der Waals surface area contributed by atoms with Gasteiger partial charge in [-0.05, 0) is 5.56 Å². The molecule has 0 saturated heterocycles. The van der Waals surface area contributed by atoms with E-state index in [9.17, 15) is 14.4 Å². The molecule has 0 saturated carbocycles. The average molecular weight is 336 g/mol. The second-order valence-electron chi connectivity index (χ2n) is 5.31. The number of amides is 1. The summed E-state index contributed by atoms with van der Waals surface area (Å²) in [7, 11) is 0. The van der Waals surface area contributed by atoms with E-state index in [1.165, 1.54) is 12.3 Å². The van der Waals surface area contributed by atoms with Gasteiger partial charge in [0, 0.05) is 12.1 Å². The molecule has 124 valence electrons. The third kappa shape index (κ3) is 2.53. The molecule has 9 nitrogen and oxygen atoms in total. The largest absolute Gasteiger partial charge is 0.339 e. The maximum Gasteiger partial charge on any atom is 0.279 e. The number of nitrogens with one attached hydrogen (secondary N) is 4. The Kier molecular flexibility index (Phi) is 3.31. The van der Waals surface area contributed by atoms with E-state index in [2.05, 4.69) is 25.6 Å². The van der Waals surface area contributed by atoms with Crippen LogP contribution in [0, 0.1) is 0 Å². The van der Waals surface area contributed by atoms with Gasteiger partial charge in [0.1, 0.15) is 11.4 Å². The van der Waals surface area contributed by atoms with E-state index in [4.69, 9.17) is 0 Å². The van der Waals surface area contributed by atoms with Gasteiger partial charge < -0.3 is 10.3 Å². The molecule has 0 atom stereocenters. The van der Waals surface area contributed by atoms with Crippen LogP contribution < -0.4 is 16.4 Å². The maximum atomic E-state index is 12.5. The van der Waals surface area contributed by atoms with E-state index in [-0.39, 0.29) is 11.2 Å². The van der Waals surface area contributed by atoms with Gasteiger partial charge in [-0.3, -0.25) is 24.6 Å². The van der Waals surface area contributed by atoms with E-state index < -0.39 is 17.0 Å². The first-order chi connectivity index (χ1) is 12.1. The van der Waals surface area contributed by atoms with Gasteiger partial charge in [0.25, 0.3) is 17.0 Å². The fraction of sp³-hybridized carbons (Fsp3) is 0. The Morgan fingerprint density at radius 3 is 2.64 bits per heavy atom. The molecule has 25 heavy (non-hydrogen) atoms. The van der Waals surface area contributed by atoms with E-state index in [0.29, 0.717) is 11.5 Å². The van der Waals surface area contributed by atoms with Crippen LogP contribution in [-0.2, 0) is 0 Å². The van der Waals surface area contributed by atoms with Gasteiger partial charge in [0.2, 0.25) is 0 Å². The number of carbonyl (C=O) groups excluding carboxylic acids is 1. The number of nitrogens with zero attached hydrogens (tertiary/aromatic N) is 2. The van der Waals surface area contributed by atoms with Crippen LogP contribution in [0.4, 0.5) is 5.82 Å². The molecule has 0 bridgehead atoms. The minimum atomic E-state index is -0.671. The van der Waals surface area contributed by atoms with E-state index in [0.717, 1.165) is 10.1 Å². The van der Waals surface area contributed by atoms with Gasteiger partial charge in [-0.15, -0.1) is 0 Å². The number of aromatic nitrogens is 5. The predicted molar refractivity (Wildman–Crippen MR) is 90.6 cm³/mol. The Labute approximate surface area is 139 Å². The van der Waals surface area contributed by atoms with E-state index in [1.54, 1.807) is 6.07 Å². The first kappa shape index (κ1) is 14.7. The molecule has 3 heterocycles. The highest BCUT2D eigenvalue weighted by Crippen LogP contribution is 2.16. The van der Waals surface area contributed by atoms with E-state index >= 15 is 0 Å². The van der Waals surface area contributed by atoms with Gasteiger partial charge >= 0.3 is 0 Å². The summed E-state index contributed by atoms with van der Waals surface area (Å²) in [6, 6.07) is 12.0. The number of carbonyl (C=O) groups is 1. The van der Waals surface area contributed by atoms with Crippen molar-refractivity contribution in [1.29, 1.82) is 0 Å². The van der Waals surface area contributed by atoms with Gasteiger partial charge in [0.15, 0.2) is 5.65 Å². The molecule has 1 aromatic carbocycles. The molecule has 3 aromatic heterocycles. The Balaban J connectivity index is 1.88. The number of benzene rings is 1. The lowest BCUT2D eigenvalue weighted by molar-refractivity contribution is 0.102. The molecule has 4 N–H and O–H groups in total. The number of hydrogen-bond donors (Lipinski definition) is 4. The molecule has 0 aliphatic rings. The van der Waals surface area contributed by atoms with Crippen molar-refractivity contribution < 1.29 is 4.79 Å². The van der Waals surface area contributed by atoms with Crippen molar-refractivity contribution >= 4 is 17.4 Å². The van der Waals surface area contributed by atoms with E-state index in [1.807, 2.05) is 30.3 Å². The summed E-state index contributed by atoms with van der Waals surface area (Å²) < 4.78 is 1.01. The number of fused-ring (bicyclic) bond motifs is 1. The highest BCUT2D eigenvalue weighted by molar-refractivity contribution is 6.07. The zero-order chi connectivity index (χ0) is 17.4. The number of hydrogen-bond acceptors (Lipinski definition) is 4. The summed E-state index contributed by atoms with van der Waals surface area (Å²) in [6.07, 6.45) is 1.47. The second kappa shape index (κ2) is 5.64. The van der Waals surface area contributed by atoms with Crippen LogP contribution in [0.15, 0.2) is 58.3 Å². The van der Waals surface area contributed by atoms with Crippen molar-refractivity contribution in [3.63, 3.8) is 0 Å². The summed E-state index contributed by atoms with van der Waals surface area (Å²) in [4.78, 5) is 39.9. The quantitative estimate of drug-likeness (QED) is 0.444. The lowest BCUT2D eigenvalue weighted by Gasteiger charge is -2.04. The summed E-state index contributed by atoms with van der Waals surface area (Å²) in [5.74, 6) is -0.320. The molecular weight excluding hydrogens is 324 g/mol. The Morgan fingerprint density at radius 1 is 1.12 bits per heavy atom. The fourth-order valence-electron chi connectivity index (χ4n) is 2.56. The van der Waals surface area contributed by atoms with Crippen LogP contribution in [0.5, 0.6) is 0 Å². The lowest BCUT2D eigenvalue weighted by atomic mass is 10.1. The number of H-pyrrole nitrogens is 3. The predicted octanol–water partition coefficient (Wildman–Crippen LogP) is 0.958. The molecule has 0 aliphatic carbocycles. The van der Waals surface area contributed by atoms with Crippen LogP contribution in [-0.4, -0.2) is 30.7 Å². The van der Waals surface area contributed by atoms with Crippen LogP contribution in [0.1, 0.15) is 10.4 Å². The molecule has 0 unspecified atom stereocenters. The normalized spacial score (nSPS) is 10.9. The highest BCUT2D eigenvalue weighted by atomic mass is 16.2. The van der Waals surface area contributed by atoms with Crippen LogP contribution in [0.2, 0.25) is 0 Å². The molecule has 1 amide bonds. The van der Waals surface area contributed by atoms with Gasteiger partial charge in [0.05, 0.1) is 11.9 Å². The molecular formula is C16H12N6O3. The number of rotatable bonds is 3. The van der Waals surface area contributed by atoms with Crippen molar-refractivity contribution in [1.82, 2.24) is 24.8 Å². The molecule has 0 fully saturated rings. The first-order valence-corrected chi connectivity index (χ1v) is 7.38. The van der Waals surface area contributed by atoms with Crippen LogP contribution in [0.3, 0.4) is 0 Å². The minimum absolute atomic E-state index is 0.0911. The summed E-state index contributed by atoms with van der Waals surface area (Å²) in [5.41, 5.74) is 0.0367. The monoisotopic (exact) mass is 336 g/mol. The molecule has 0 aliphatic heterocycles. The standard InChI is InChI=1S/C16H12N6O3/c23-12-8-10(9-4-2-1-3-5-9)18-14-13(16(25)21-22(12)14)15(24)19-11-6-7-17-20-11/h1-8,18H,(H,21,25)(H2,17,19,20,24). The Hall–Kier alpha value is -3.88. The third-order valence-electron chi connectivity index (χ3n) is 3.70. The molecule has 0 spiro atoms. The first-order valence-electron chi connectivity index (χ1n) is 7.38. The van der Waals surface area contributed by atoms with Gasteiger partial charge in [-0.25, -0.2) is 0 Å². The number of anilines is 1. The van der Waals surface area contributed by atoms with Crippen molar-refractivity contribution in [3.8, 4) is 11.3 Å². The SMILES string of the molecule is O=C(Nc1ccn[nH]1)c1c(=O)[nH]n2c(=O)cc(-c3ccccc3)[nH]c12. The Morgan fingerprint density at radius 2 is 1.92 bits per heavy atom. The molecule has 4 aromatic rings. The van der Waals surface area contributed by atoms with Crippen molar-refractivity contribution in [2.75, 3.05) is 5.32 Å². The summed E-state index contributed by atoms with van der Waals surface area (Å²) in [6.45, 7) is 0. The van der Waals surface area contributed by atoms with Crippen LogP contribution in [0.25, 0.3) is 16.9 Å². The van der Waals surface area contributed by atoms with Crippen molar-refractivity contribution in [2.45, 2.75) is 0 Å². The smallest absolute Gasteiger partial charge is 0.279 e. The second-order valence-corrected chi connectivity index (χ2v) is 5.31. The van der Waals surface area contributed by atoms with Gasteiger partial charge in [-0.1, -0.05) is 30.3 Å². The van der Waals surface area contributed by atoms with Crippen molar-refractivity contribution in [2.24, 2.45) is 0 Å². The summed E-state index contributed by atoms with van der Waals surface area (Å²) in [5, 5.41) is 11.2. The molecule has 9 heteroatoms. The average Bonchev–Trinajstić information content (AvgIpc) is 3.22. The fourth-order valence-corrected chi connectivity index (χ4v) is 2.56. The van der Waals surface area contributed by atoms with Crippen LogP contribution >= 0.6 is 0 Å².